The van der Waals surface area contributed by atoms with Gasteiger partial charge in [-0.25, -0.2) is 18.7 Å². The van der Waals surface area contributed by atoms with Gasteiger partial charge in [0.1, 0.15) is 28.9 Å². The molecule has 1 aromatic carbocycles. The number of rotatable bonds is 4. The first-order valence-electron chi connectivity index (χ1n) is 6.17. The zero-order valence-electron chi connectivity index (χ0n) is 11.1. The van der Waals surface area contributed by atoms with Gasteiger partial charge in [0.05, 0.1) is 0 Å². The SMILES string of the molecule is CC(C)c1c(Cl)ncnc1NCc1cc(F)ccc1F. The second kappa shape index (κ2) is 6.13. The molecule has 0 saturated carbocycles. The highest BCUT2D eigenvalue weighted by Gasteiger charge is 2.14. The first kappa shape index (κ1) is 14.7. The molecule has 0 bridgehead atoms. The van der Waals surface area contributed by atoms with Crippen LogP contribution in [0.25, 0.3) is 0 Å². The molecular weight excluding hydrogens is 284 g/mol. The molecular formula is C14H14ClF2N3. The minimum atomic E-state index is -0.479. The molecule has 1 N–H and O–H groups in total. The van der Waals surface area contributed by atoms with E-state index in [1.807, 2.05) is 13.8 Å². The zero-order chi connectivity index (χ0) is 14.7. The molecule has 2 aromatic rings. The van der Waals surface area contributed by atoms with E-state index in [0.717, 1.165) is 23.8 Å². The molecule has 106 valence electrons. The summed E-state index contributed by atoms with van der Waals surface area (Å²) in [5.74, 6) is -0.301. The third-order valence-electron chi connectivity index (χ3n) is 2.87. The topological polar surface area (TPSA) is 37.8 Å². The molecule has 0 aliphatic heterocycles. The van der Waals surface area contributed by atoms with E-state index in [1.165, 1.54) is 6.33 Å². The van der Waals surface area contributed by atoms with Crippen LogP contribution in [-0.4, -0.2) is 9.97 Å². The fourth-order valence-corrected chi connectivity index (χ4v) is 2.24. The van der Waals surface area contributed by atoms with E-state index in [9.17, 15) is 8.78 Å². The Labute approximate surface area is 121 Å². The van der Waals surface area contributed by atoms with Gasteiger partial charge in [-0.05, 0) is 24.1 Å². The highest BCUT2D eigenvalue weighted by molar-refractivity contribution is 6.30. The summed E-state index contributed by atoms with van der Waals surface area (Å²) in [4.78, 5) is 8.03. The minimum Gasteiger partial charge on any atom is -0.366 e. The number of nitrogens with one attached hydrogen (secondary N) is 1. The Balaban J connectivity index is 2.23. The maximum absolute atomic E-state index is 13.5. The van der Waals surface area contributed by atoms with Gasteiger partial charge in [0.2, 0.25) is 0 Å². The summed E-state index contributed by atoms with van der Waals surface area (Å²) in [5, 5.41) is 3.34. The van der Waals surface area contributed by atoms with Gasteiger partial charge in [-0.15, -0.1) is 0 Å². The molecule has 0 fully saturated rings. The van der Waals surface area contributed by atoms with Crippen LogP contribution in [0.1, 0.15) is 30.9 Å². The minimum absolute atomic E-state index is 0.114. The molecule has 6 heteroatoms. The van der Waals surface area contributed by atoms with Crippen LogP contribution in [0.3, 0.4) is 0 Å². The van der Waals surface area contributed by atoms with Crippen LogP contribution in [0, 0.1) is 11.6 Å². The molecule has 0 spiro atoms. The fraction of sp³-hybridized carbons (Fsp3) is 0.286. The van der Waals surface area contributed by atoms with Crippen molar-refractivity contribution in [2.75, 3.05) is 5.32 Å². The van der Waals surface area contributed by atoms with Crippen molar-refractivity contribution in [1.29, 1.82) is 0 Å². The van der Waals surface area contributed by atoms with Crippen LogP contribution in [0.2, 0.25) is 5.15 Å². The van der Waals surface area contributed by atoms with E-state index in [2.05, 4.69) is 15.3 Å². The fourth-order valence-electron chi connectivity index (χ4n) is 1.88. The van der Waals surface area contributed by atoms with Gasteiger partial charge >= 0.3 is 0 Å². The molecule has 0 atom stereocenters. The van der Waals surface area contributed by atoms with E-state index in [1.54, 1.807) is 0 Å². The molecule has 0 aliphatic rings. The first-order valence-corrected chi connectivity index (χ1v) is 6.55. The summed E-state index contributed by atoms with van der Waals surface area (Å²) in [6, 6.07) is 3.34. The third-order valence-corrected chi connectivity index (χ3v) is 3.17. The van der Waals surface area contributed by atoms with E-state index in [0.29, 0.717) is 11.0 Å². The highest BCUT2D eigenvalue weighted by atomic mass is 35.5. The van der Waals surface area contributed by atoms with Gasteiger partial charge in [0, 0.05) is 17.7 Å². The lowest BCUT2D eigenvalue weighted by atomic mass is 10.1. The van der Waals surface area contributed by atoms with Crippen LogP contribution >= 0.6 is 11.6 Å². The maximum atomic E-state index is 13.5. The van der Waals surface area contributed by atoms with Crippen molar-refractivity contribution in [1.82, 2.24) is 9.97 Å². The van der Waals surface area contributed by atoms with Crippen molar-refractivity contribution >= 4 is 17.4 Å². The van der Waals surface area contributed by atoms with Gasteiger partial charge in [0.15, 0.2) is 0 Å². The summed E-state index contributed by atoms with van der Waals surface area (Å²) >= 11 is 6.04. The molecule has 3 nitrogen and oxygen atoms in total. The molecule has 1 aromatic heterocycles. The summed E-state index contributed by atoms with van der Waals surface area (Å²) in [6.45, 7) is 4.04. The van der Waals surface area contributed by atoms with Crippen molar-refractivity contribution in [3.8, 4) is 0 Å². The Morgan fingerprint density at radius 1 is 1.25 bits per heavy atom. The predicted molar refractivity (Wildman–Crippen MR) is 74.8 cm³/mol. The monoisotopic (exact) mass is 297 g/mol. The number of aromatic nitrogens is 2. The van der Waals surface area contributed by atoms with Crippen LogP contribution in [0.4, 0.5) is 14.6 Å². The van der Waals surface area contributed by atoms with Gasteiger partial charge in [-0.2, -0.15) is 0 Å². The van der Waals surface area contributed by atoms with Crippen LogP contribution < -0.4 is 5.32 Å². The summed E-state index contributed by atoms with van der Waals surface area (Å²) < 4.78 is 26.6. The Morgan fingerprint density at radius 3 is 2.70 bits per heavy atom. The van der Waals surface area contributed by atoms with Crippen molar-refractivity contribution < 1.29 is 8.78 Å². The Bertz CT molecular complexity index is 617. The lowest BCUT2D eigenvalue weighted by molar-refractivity contribution is 0.587. The first-order chi connectivity index (χ1) is 9.49. The van der Waals surface area contributed by atoms with Gasteiger partial charge in [0.25, 0.3) is 0 Å². The van der Waals surface area contributed by atoms with E-state index >= 15 is 0 Å². The smallest absolute Gasteiger partial charge is 0.138 e. The number of hydrogen-bond acceptors (Lipinski definition) is 3. The number of benzene rings is 1. The molecule has 0 saturated heterocycles. The van der Waals surface area contributed by atoms with Crippen LogP contribution in [-0.2, 0) is 6.54 Å². The molecule has 0 unspecified atom stereocenters. The summed E-state index contributed by atoms with van der Waals surface area (Å²) in [6.07, 6.45) is 1.33. The molecule has 0 amide bonds. The lowest BCUT2D eigenvalue weighted by Gasteiger charge is -2.14. The summed E-state index contributed by atoms with van der Waals surface area (Å²) in [7, 11) is 0. The van der Waals surface area contributed by atoms with Crippen molar-refractivity contribution in [2.45, 2.75) is 26.3 Å². The standard InChI is InChI=1S/C14H14ClF2N3/c1-8(2)12-13(15)19-7-20-14(12)18-6-9-5-10(16)3-4-11(9)17/h3-5,7-8H,6H2,1-2H3,(H,18,19,20). The number of halogens is 3. The Morgan fingerprint density at radius 2 is 2.00 bits per heavy atom. The van der Waals surface area contributed by atoms with Crippen molar-refractivity contribution in [2.24, 2.45) is 0 Å². The number of hydrogen-bond donors (Lipinski definition) is 1. The molecule has 20 heavy (non-hydrogen) atoms. The van der Waals surface area contributed by atoms with Crippen molar-refractivity contribution in [3.63, 3.8) is 0 Å². The van der Waals surface area contributed by atoms with Crippen LogP contribution in [0.15, 0.2) is 24.5 Å². The quantitative estimate of drug-likeness (QED) is 0.862. The van der Waals surface area contributed by atoms with Crippen molar-refractivity contribution in [3.05, 3.63) is 52.4 Å². The van der Waals surface area contributed by atoms with Gasteiger partial charge in [-0.3, -0.25) is 0 Å². The van der Waals surface area contributed by atoms with Gasteiger partial charge in [-0.1, -0.05) is 25.4 Å². The zero-order valence-corrected chi connectivity index (χ0v) is 11.9. The van der Waals surface area contributed by atoms with Crippen LogP contribution in [0.5, 0.6) is 0 Å². The van der Waals surface area contributed by atoms with E-state index in [-0.39, 0.29) is 18.0 Å². The number of anilines is 1. The Kier molecular flexibility index (Phi) is 4.49. The second-order valence-electron chi connectivity index (χ2n) is 4.67. The molecule has 2 rings (SSSR count). The molecule has 0 aliphatic carbocycles. The Hall–Kier alpha value is -1.75. The highest BCUT2D eigenvalue weighted by Crippen LogP contribution is 2.28. The lowest BCUT2D eigenvalue weighted by Crippen LogP contribution is -2.08. The van der Waals surface area contributed by atoms with E-state index in [4.69, 9.17) is 11.6 Å². The third kappa shape index (κ3) is 3.22. The largest absolute Gasteiger partial charge is 0.366 e. The predicted octanol–water partition coefficient (Wildman–Crippen LogP) is 4.14. The average Bonchev–Trinajstić information content (AvgIpc) is 2.39. The average molecular weight is 298 g/mol. The van der Waals surface area contributed by atoms with E-state index < -0.39 is 11.6 Å². The summed E-state index contributed by atoms with van der Waals surface area (Å²) in [5.41, 5.74) is 0.986. The second-order valence-corrected chi connectivity index (χ2v) is 5.03. The normalized spacial score (nSPS) is 10.9. The number of nitrogens with zero attached hydrogens (tertiary/aromatic N) is 2. The molecule has 0 radical (unpaired) electrons. The van der Waals surface area contributed by atoms with Gasteiger partial charge < -0.3 is 5.32 Å². The maximum Gasteiger partial charge on any atom is 0.138 e. The molecule has 1 heterocycles.